The van der Waals surface area contributed by atoms with Crippen molar-refractivity contribution in [3.63, 3.8) is 0 Å². The minimum atomic E-state index is -0.550. The lowest BCUT2D eigenvalue weighted by Crippen LogP contribution is -2.16. The first kappa shape index (κ1) is 16.4. The summed E-state index contributed by atoms with van der Waals surface area (Å²) >= 11 is 0. The molecule has 0 saturated heterocycles. The third-order valence-corrected chi connectivity index (χ3v) is 3.30. The van der Waals surface area contributed by atoms with Gasteiger partial charge in [0.05, 0.1) is 0 Å². The zero-order valence-corrected chi connectivity index (χ0v) is 14.0. The van der Waals surface area contributed by atoms with Gasteiger partial charge in [-0.1, -0.05) is 24.3 Å². The van der Waals surface area contributed by atoms with E-state index in [-0.39, 0.29) is 0 Å². The number of carbonyl (C=O) groups is 1. The molecule has 3 aromatic rings. The van der Waals surface area contributed by atoms with Crippen molar-refractivity contribution in [2.24, 2.45) is 0 Å². The Morgan fingerprint density at radius 2 is 1.56 bits per heavy atom. The van der Waals surface area contributed by atoms with Gasteiger partial charge in [-0.3, -0.25) is 5.32 Å². The van der Waals surface area contributed by atoms with Gasteiger partial charge < -0.3 is 10.1 Å². The molecule has 0 bridgehead atoms. The molecular formula is C19H18N4O2. The average Bonchev–Trinajstić information content (AvgIpc) is 2.55. The summed E-state index contributed by atoms with van der Waals surface area (Å²) in [6.45, 7) is 3.83. The quantitative estimate of drug-likeness (QED) is 0.737. The van der Waals surface area contributed by atoms with Gasteiger partial charge in [-0.2, -0.15) is 0 Å². The van der Waals surface area contributed by atoms with Crippen molar-refractivity contribution < 1.29 is 9.53 Å². The van der Waals surface area contributed by atoms with E-state index in [0.29, 0.717) is 17.4 Å². The second-order valence-electron chi connectivity index (χ2n) is 5.51. The fourth-order valence-electron chi connectivity index (χ4n) is 2.32. The number of hydrogen-bond acceptors (Lipinski definition) is 5. The van der Waals surface area contributed by atoms with E-state index in [4.69, 9.17) is 4.74 Å². The van der Waals surface area contributed by atoms with E-state index in [0.717, 1.165) is 17.1 Å². The molecule has 1 aromatic heterocycles. The molecule has 2 N–H and O–H groups in total. The molecule has 6 nitrogen and oxygen atoms in total. The summed E-state index contributed by atoms with van der Waals surface area (Å²) in [4.78, 5) is 20.6. The monoisotopic (exact) mass is 334 g/mol. The van der Waals surface area contributed by atoms with Crippen LogP contribution in [0.1, 0.15) is 11.4 Å². The van der Waals surface area contributed by atoms with Gasteiger partial charge in [0.25, 0.3) is 0 Å². The number of nitrogens with zero attached hydrogens (tertiary/aromatic N) is 2. The number of aromatic nitrogens is 2. The maximum atomic E-state index is 12.0. The van der Waals surface area contributed by atoms with Crippen molar-refractivity contribution in [3.8, 4) is 5.75 Å². The van der Waals surface area contributed by atoms with E-state index >= 15 is 0 Å². The van der Waals surface area contributed by atoms with Crippen LogP contribution in [0, 0.1) is 13.8 Å². The topological polar surface area (TPSA) is 76.1 Å². The van der Waals surface area contributed by atoms with Gasteiger partial charge in [0.15, 0.2) is 0 Å². The normalized spacial score (nSPS) is 10.2. The number of anilines is 3. The summed E-state index contributed by atoms with van der Waals surface area (Å²) < 4.78 is 5.21. The Morgan fingerprint density at radius 3 is 2.28 bits per heavy atom. The van der Waals surface area contributed by atoms with Crippen LogP contribution in [0.4, 0.5) is 22.1 Å². The van der Waals surface area contributed by atoms with Crippen LogP contribution in [-0.2, 0) is 0 Å². The zero-order valence-electron chi connectivity index (χ0n) is 14.0. The summed E-state index contributed by atoms with van der Waals surface area (Å²) in [5.41, 5.74) is 3.14. The maximum absolute atomic E-state index is 12.0. The van der Waals surface area contributed by atoms with Crippen molar-refractivity contribution in [1.29, 1.82) is 0 Å². The van der Waals surface area contributed by atoms with Crippen LogP contribution in [0.2, 0.25) is 0 Å². The van der Waals surface area contributed by atoms with Crippen molar-refractivity contribution in [3.05, 3.63) is 72.1 Å². The molecular weight excluding hydrogens is 316 g/mol. The molecule has 0 saturated carbocycles. The predicted octanol–water partition coefficient (Wildman–Crippen LogP) is 4.45. The Morgan fingerprint density at radius 1 is 0.880 bits per heavy atom. The molecule has 0 atom stereocenters. The first-order valence-electron chi connectivity index (χ1n) is 7.82. The summed E-state index contributed by atoms with van der Waals surface area (Å²) in [7, 11) is 0. The van der Waals surface area contributed by atoms with Crippen molar-refractivity contribution >= 4 is 23.4 Å². The molecule has 6 heteroatoms. The van der Waals surface area contributed by atoms with Gasteiger partial charge in [0.1, 0.15) is 5.75 Å². The van der Waals surface area contributed by atoms with Crippen molar-refractivity contribution in [1.82, 2.24) is 9.97 Å². The molecule has 2 aromatic carbocycles. The van der Waals surface area contributed by atoms with Gasteiger partial charge in [0.2, 0.25) is 5.95 Å². The Bertz CT molecular complexity index is 861. The molecule has 0 unspecified atom stereocenters. The van der Waals surface area contributed by atoms with Gasteiger partial charge in [-0.25, -0.2) is 14.8 Å². The highest BCUT2D eigenvalue weighted by Crippen LogP contribution is 2.19. The number of rotatable bonds is 4. The lowest BCUT2D eigenvalue weighted by atomic mass is 10.3. The fraction of sp³-hybridized carbons (Fsp3) is 0.105. The molecule has 0 aliphatic rings. The van der Waals surface area contributed by atoms with Gasteiger partial charge in [-0.15, -0.1) is 0 Å². The SMILES string of the molecule is Cc1cc(C)nc(Nc2cccc(NC(=O)Oc3ccccc3)c2)n1. The molecule has 1 amide bonds. The summed E-state index contributed by atoms with van der Waals surface area (Å²) in [6, 6.07) is 18.1. The number of benzene rings is 2. The zero-order chi connectivity index (χ0) is 17.6. The predicted molar refractivity (Wildman–Crippen MR) is 97.3 cm³/mol. The second-order valence-corrected chi connectivity index (χ2v) is 5.51. The Balaban J connectivity index is 1.67. The largest absolute Gasteiger partial charge is 0.417 e. The van der Waals surface area contributed by atoms with Crippen molar-refractivity contribution in [2.75, 3.05) is 10.6 Å². The third-order valence-electron chi connectivity index (χ3n) is 3.30. The minimum absolute atomic E-state index is 0.484. The maximum Gasteiger partial charge on any atom is 0.417 e. The number of carbonyl (C=O) groups excluding carboxylic acids is 1. The van der Waals surface area contributed by atoms with Gasteiger partial charge >= 0.3 is 6.09 Å². The average molecular weight is 334 g/mol. The van der Waals surface area contributed by atoms with Crippen LogP contribution in [0.15, 0.2) is 60.7 Å². The fourth-order valence-corrected chi connectivity index (χ4v) is 2.32. The molecule has 126 valence electrons. The van der Waals surface area contributed by atoms with Crippen LogP contribution in [0.3, 0.4) is 0 Å². The lowest BCUT2D eigenvalue weighted by molar-refractivity contribution is 0.215. The first-order chi connectivity index (χ1) is 12.1. The third kappa shape index (κ3) is 4.78. The molecule has 0 aliphatic heterocycles. The highest BCUT2D eigenvalue weighted by atomic mass is 16.6. The number of hydrogen-bond donors (Lipinski definition) is 2. The lowest BCUT2D eigenvalue weighted by Gasteiger charge is -2.10. The van der Waals surface area contributed by atoms with Gasteiger partial charge in [-0.05, 0) is 50.2 Å². The second kappa shape index (κ2) is 7.44. The van der Waals surface area contributed by atoms with Crippen molar-refractivity contribution in [2.45, 2.75) is 13.8 Å². The van der Waals surface area contributed by atoms with Gasteiger partial charge in [0, 0.05) is 22.8 Å². The van der Waals surface area contributed by atoms with Crippen LogP contribution in [0.25, 0.3) is 0 Å². The van der Waals surface area contributed by atoms with E-state index < -0.39 is 6.09 Å². The molecule has 25 heavy (non-hydrogen) atoms. The van der Waals surface area contributed by atoms with Crippen LogP contribution >= 0.6 is 0 Å². The summed E-state index contributed by atoms with van der Waals surface area (Å²) in [5, 5.41) is 5.83. The van der Waals surface area contributed by atoms with E-state index in [1.165, 1.54) is 0 Å². The molecule has 0 spiro atoms. The number of aryl methyl sites for hydroxylation is 2. The Kier molecular flexibility index (Phi) is 4.89. The number of para-hydroxylation sites is 1. The molecule has 3 rings (SSSR count). The van der Waals surface area contributed by atoms with Crippen LogP contribution < -0.4 is 15.4 Å². The standard InChI is InChI=1S/C19H18N4O2/c1-13-11-14(2)21-18(20-13)22-15-7-6-8-16(12-15)23-19(24)25-17-9-4-3-5-10-17/h3-12H,1-2H3,(H,23,24)(H,20,21,22). The van der Waals surface area contributed by atoms with Crippen LogP contribution in [-0.4, -0.2) is 16.1 Å². The van der Waals surface area contributed by atoms with E-state index in [9.17, 15) is 4.79 Å². The summed E-state index contributed by atoms with van der Waals surface area (Å²) in [5.74, 6) is 0.999. The number of amides is 1. The summed E-state index contributed by atoms with van der Waals surface area (Å²) in [6.07, 6.45) is -0.550. The van der Waals surface area contributed by atoms with E-state index in [2.05, 4.69) is 20.6 Å². The van der Waals surface area contributed by atoms with E-state index in [1.807, 2.05) is 38.1 Å². The molecule has 1 heterocycles. The molecule has 0 radical (unpaired) electrons. The van der Waals surface area contributed by atoms with E-state index in [1.54, 1.807) is 36.4 Å². The molecule has 0 fully saturated rings. The number of ether oxygens (including phenoxy) is 1. The minimum Gasteiger partial charge on any atom is -0.410 e. The smallest absolute Gasteiger partial charge is 0.410 e. The first-order valence-corrected chi connectivity index (χ1v) is 7.82. The highest BCUT2D eigenvalue weighted by molar-refractivity contribution is 5.87. The number of nitrogens with one attached hydrogen (secondary N) is 2. The Labute approximate surface area is 145 Å². The highest BCUT2D eigenvalue weighted by Gasteiger charge is 2.06. The van der Waals surface area contributed by atoms with Crippen LogP contribution in [0.5, 0.6) is 5.75 Å². The Hall–Kier alpha value is -3.41. The molecule has 0 aliphatic carbocycles.